The summed E-state index contributed by atoms with van der Waals surface area (Å²) < 4.78 is 17.3. The van der Waals surface area contributed by atoms with E-state index in [1.165, 1.54) is 11.1 Å². The van der Waals surface area contributed by atoms with Crippen molar-refractivity contribution >= 4 is 0 Å². The van der Waals surface area contributed by atoms with Gasteiger partial charge in [0.2, 0.25) is 0 Å². The number of benzene rings is 2. The average Bonchev–Trinajstić information content (AvgIpc) is 2.79. The highest BCUT2D eigenvalue weighted by molar-refractivity contribution is 5.44. The lowest BCUT2D eigenvalue weighted by Crippen LogP contribution is -2.25. The van der Waals surface area contributed by atoms with Gasteiger partial charge in [-0.3, -0.25) is 4.98 Å². The molecule has 1 N–H and O–H groups in total. The lowest BCUT2D eigenvalue weighted by atomic mass is 9.95. The Hall–Kier alpha value is -3.05. The zero-order valence-electron chi connectivity index (χ0n) is 17.5. The maximum Gasteiger partial charge on any atom is 0.161 e. The predicted molar refractivity (Wildman–Crippen MR) is 117 cm³/mol. The average molecular weight is 405 g/mol. The van der Waals surface area contributed by atoms with Crippen molar-refractivity contribution in [2.75, 3.05) is 13.2 Å². The summed E-state index contributed by atoms with van der Waals surface area (Å²) in [6.07, 6.45) is 3.56. The highest BCUT2D eigenvalue weighted by Crippen LogP contribution is 2.34. The fourth-order valence-corrected chi connectivity index (χ4v) is 3.57. The van der Waals surface area contributed by atoms with Gasteiger partial charge in [-0.15, -0.1) is 0 Å². The molecule has 1 aliphatic rings. The Bertz CT molecular complexity index is 942. The maximum atomic E-state index is 5.86. The second-order valence-corrected chi connectivity index (χ2v) is 7.79. The van der Waals surface area contributed by atoms with Crippen LogP contribution in [0.1, 0.15) is 36.6 Å². The molecule has 5 heteroatoms. The van der Waals surface area contributed by atoms with E-state index >= 15 is 0 Å². The maximum absolute atomic E-state index is 5.86. The van der Waals surface area contributed by atoms with Gasteiger partial charge in [0.1, 0.15) is 25.6 Å². The highest BCUT2D eigenvalue weighted by Gasteiger charge is 2.19. The van der Waals surface area contributed by atoms with E-state index in [0.717, 1.165) is 29.4 Å². The van der Waals surface area contributed by atoms with Crippen molar-refractivity contribution in [1.29, 1.82) is 0 Å². The number of aromatic nitrogens is 1. The summed E-state index contributed by atoms with van der Waals surface area (Å²) in [5.41, 5.74) is 3.54. The van der Waals surface area contributed by atoms with Crippen LogP contribution in [0.3, 0.4) is 0 Å². The van der Waals surface area contributed by atoms with E-state index in [9.17, 15) is 0 Å². The van der Waals surface area contributed by atoms with Crippen LogP contribution in [0.25, 0.3) is 0 Å². The van der Waals surface area contributed by atoms with Crippen molar-refractivity contribution in [2.45, 2.75) is 33.0 Å². The lowest BCUT2D eigenvalue weighted by molar-refractivity contribution is 0.171. The van der Waals surface area contributed by atoms with Crippen molar-refractivity contribution in [1.82, 2.24) is 10.3 Å². The fourth-order valence-electron chi connectivity index (χ4n) is 3.57. The first kappa shape index (κ1) is 20.2. The van der Waals surface area contributed by atoms with Crippen LogP contribution in [0.15, 0.2) is 67.0 Å². The molecule has 30 heavy (non-hydrogen) atoms. The van der Waals surface area contributed by atoms with Crippen molar-refractivity contribution < 1.29 is 14.2 Å². The first-order valence-electron chi connectivity index (χ1n) is 10.4. The largest absolute Gasteiger partial charge is 0.489 e. The Labute approximate surface area is 178 Å². The first-order chi connectivity index (χ1) is 14.7. The third kappa shape index (κ3) is 5.10. The lowest BCUT2D eigenvalue weighted by Gasteiger charge is -2.25. The molecule has 0 radical (unpaired) electrons. The molecule has 2 aromatic carbocycles. The number of hydrogen-bond acceptors (Lipinski definition) is 5. The number of fused-ring (bicyclic) bond motifs is 1. The van der Waals surface area contributed by atoms with Gasteiger partial charge in [0.05, 0.1) is 0 Å². The Kier molecular flexibility index (Phi) is 6.50. The predicted octanol–water partition coefficient (Wildman–Crippen LogP) is 4.92. The van der Waals surface area contributed by atoms with Gasteiger partial charge in [0.15, 0.2) is 11.5 Å². The summed E-state index contributed by atoms with van der Waals surface area (Å²) in [5, 5.41) is 3.69. The monoisotopic (exact) mass is 404 g/mol. The SMILES string of the molecule is CC(C)C(NCc1ccc(OCc2ccncc2)cc1)c1ccc2c(c1)OCCO2. The molecule has 0 fully saturated rings. The molecule has 0 spiro atoms. The summed E-state index contributed by atoms with van der Waals surface area (Å²) in [7, 11) is 0. The molecule has 4 rings (SSSR count). The zero-order valence-corrected chi connectivity index (χ0v) is 17.5. The van der Waals surface area contributed by atoms with E-state index in [1.807, 2.05) is 30.3 Å². The van der Waals surface area contributed by atoms with Gasteiger partial charge in [-0.1, -0.05) is 32.0 Å². The molecule has 1 aliphatic heterocycles. The molecule has 0 saturated carbocycles. The summed E-state index contributed by atoms with van der Waals surface area (Å²) in [5.74, 6) is 2.97. The van der Waals surface area contributed by atoms with Crippen molar-refractivity contribution in [3.8, 4) is 17.2 Å². The Morgan fingerprint density at radius 1 is 0.900 bits per heavy atom. The summed E-state index contributed by atoms with van der Waals surface area (Å²) in [4.78, 5) is 4.03. The first-order valence-corrected chi connectivity index (χ1v) is 10.4. The van der Waals surface area contributed by atoms with Crippen molar-refractivity contribution in [3.63, 3.8) is 0 Å². The zero-order chi connectivity index (χ0) is 20.8. The minimum Gasteiger partial charge on any atom is -0.489 e. The Morgan fingerprint density at radius 3 is 2.37 bits per heavy atom. The van der Waals surface area contributed by atoms with Gasteiger partial charge in [-0.2, -0.15) is 0 Å². The normalized spacial score (nSPS) is 13.8. The van der Waals surface area contributed by atoms with Crippen LogP contribution in [-0.2, 0) is 13.2 Å². The third-order valence-electron chi connectivity index (χ3n) is 5.20. The molecule has 0 amide bonds. The Morgan fingerprint density at radius 2 is 1.63 bits per heavy atom. The minimum atomic E-state index is 0.225. The van der Waals surface area contributed by atoms with Crippen LogP contribution in [0, 0.1) is 5.92 Å². The van der Waals surface area contributed by atoms with Gasteiger partial charge in [0.25, 0.3) is 0 Å². The number of nitrogens with one attached hydrogen (secondary N) is 1. The van der Waals surface area contributed by atoms with Crippen LogP contribution in [0.4, 0.5) is 0 Å². The molecular formula is C25H28N2O3. The number of pyridine rings is 1. The molecule has 0 saturated heterocycles. The van der Waals surface area contributed by atoms with Gasteiger partial charge < -0.3 is 19.5 Å². The van der Waals surface area contributed by atoms with Crippen LogP contribution in [0.2, 0.25) is 0 Å². The molecule has 1 atom stereocenters. The van der Waals surface area contributed by atoms with E-state index in [2.05, 4.69) is 48.4 Å². The van der Waals surface area contributed by atoms with E-state index < -0.39 is 0 Å². The minimum absolute atomic E-state index is 0.225. The summed E-state index contributed by atoms with van der Waals surface area (Å²) in [6.45, 7) is 6.99. The molecule has 5 nitrogen and oxygen atoms in total. The molecule has 1 unspecified atom stereocenters. The van der Waals surface area contributed by atoms with Gasteiger partial charge in [0, 0.05) is 25.0 Å². The van der Waals surface area contributed by atoms with Gasteiger partial charge in [-0.25, -0.2) is 0 Å². The van der Waals surface area contributed by atoms with Crippen LogP contribution < -0.4 is 19.5 Å². The molecule has 0 aliphatic carbocycles. The molecule has 156 valence electrons. The fraction of sp³-hybridized carbons (Fsp3) is 0.320. The highest BCUT2D eigenvalue weighted by atomic mass is 16.6. The molecule has 0 bridgehead atoms. The van der Waals surface area contributed by atoms with Crippen LogP contribution in [0.5, 0.6) is 17.2 Å². The van der Waals surface area contributed by atoms with E-state index in [1.54, 1.807) is 12.4 Å². The Balaban J connectivity index is 1.36. The standard InChI is InChI=1S/C25H28N2O3/c1-18(2)25(21-5-8-23-24(15-21)29-14-13-28-23)27-16-19-3-6-22(7-4-19)30-17-20-9-11-26-12-10-20/h3-12,15,18,25,27H,13-14,16-17H2,1-2H3. The molecular weight excluding hydrogens is 376 g/mol. The van der Waals surface area contributed by atoms with Gasteiger partial charge >= 0.3 is 0 Å². The van der Waals surface area contributed by atoms with Crippen molar-refractivity contribution in [3.05, 3.63) is 83.7 Å². The quantitative estimate of drug-likeness (QED) is 0.578. The summed E-state index contributed by atoms with van der Waals surface area (Å²) >= 11 is 0. The smallest absolute Gasteiger partial charge is 0.161 e. The molecule has 3 aromatic rings. The summed E-state index contributed by atoms with van der Waals surface area (Å²) in [6, 6.07) is 18.6. The number of nitrogens with zero attached hydrogens (tertiary/aromatic N) is 1. The van der Waals surface area contributed by atoms with Crippen molar-refractivity contribution in [2.24, 2.45) is 5.92 Å². The second-order valence-electron chi connectivity index (χ2n) is 7.79. The van der Waals surface area contributed by atoms with E-state index in [-0.39, 0.29) is 6.04 Å². The third-order valence-corrected chi connectivity index (χ3v) is 5.20. The molecule has 2 heterocycles. The van der Waals surface area contributed by atoms with E-state index in [4.69, 9.17) is 14.2 Å². The topological polar surface area (TPSA) is 52.6 Å². The van der Waals surface area contributed by atoms with Crippen LogP contribution >= 0.6 is 0 Å². The number of ether oxygens (including phenoxy) is 3. The van der Waals surface area contributed by atoms with Gasteiger partial charge in [-0.05, 0) is 59.0 Å². The number of rotatable bonds is 8. The van der Waals surface area contributed by atoms with E-state index in [0.29, 0.717) is 25.7 Å². The van der Waals surface area contributed by atoms with Crippen LogP contribution in [-0.4, -0.2) is 18.2 Å². The molecule has 1 aromatic heterocycles. The second kappa shape index (κ2) is 9.63. The number of hydrogen-bond donors (Lipinski definition) is 1.